The Morgan fingerprint density at radius 3 is 2.47 bits per heavy atom. The maximum Gasteiger partial charge on any atom is 0.264 e. The molecule has 0 saturated heterocycles. The number of hydrogen-bond acceptors (Lipinski definition) is 6. The van der Waals surface area contributed by atoms with Gasteiger partial charge in [-0.1, -0.05) is 23.7 Å². The number of amides is 1. The highest BCUT2D eigenvalue weighted by atomic mass is 35.5. The van der Waals surface area contributed by atoms with Gasteiger partial charge in [0.2, 0.25) is 0 Å². The number of carbonyl (C=O) groups is 1. The first kappa shape index (κ1) is 25.1. The van der Waals surface area contributed by atoms with Crippen LogP contribution in [0, 0.1) is 13.8 Å². The molecule has 0 aliphatic carbocycles. The number of para-hydroxylation sites is 1. The standard InChI is InChI=1S/C24H24ClN3O5S/c1-16-7-10-20(13-17(16)2)28(34(31,32)21-11-8-19(25)9-12-21)15-23(29)27-26-14-18-5-4-6-22(33-3)24(18)30/h4-14,30H,15H2,1-3H3,(H,27,29)/b26-14-. The van der Waals surface area contributed by atoms with Gasteiger partial charge in [-0.2, -0.15) is 5.10 Å². The first-order chi connectivity index (χ1) is 16.1. The third kappa shape index (κ3) is 5.67. The van der Waals surface area contributed by atoms with Crippen LogP contribution >= 0.6 is 11.6 Å². The highest BCUT2D eigenvalue weighted by Gasteiger charge is 2.27. The lowest BCUT2D eigenvalue weighted by molar-refractivity contribution is -0.119. The van der Waals surface area contributed by atoms with Crippen molar-refractivity contribution < 1.29 is 23.1 Å². The predicted octanol–water partition coefficient (Wildman–Crippen LogP) is 4.02. The number of hydrogen-bond donors (Lipinski definition) is 2. The average molecular weight is 502 g/mol. The first-order valence-corrected chi connectivity index (χ1v) is 12.0. The minimum absolute atomic E-state index is 0.00673. The molecule has 10 heteroatoms. The molecule has 178 valence electrons. The number of nitrogens with one attached hydrogen (secondary N) is 1. The molecule has 3 rings (SSSR count). The molecule has 0 aromatic heterocycles. The number of aryl methyl sites for hydroxylation is 2. The van der Waals surface area contributed by atoms with E-state index in [1.54, 1.807) is 36.4 Å². The Kier molecular flexibility index (Phi) is 7.80. The minimum atomic E-state index is -4.08. The van der Waals surface area contributed by atoms with Gasteiger partial charge in [0.25, 0.3) is 15.9 Å². The van der Waals surface area contributed by atoms with Crippen LogP contribution in [0.25, 0.3) is 0 Å². The SMILES string of the molecule is COc1cccc(/C=N\NC(=O)CN(c2ccc(C)c(C)c2)S(=O)(=O)c2ccc(Cl)cc2)c1O. The van der Waals surface area contributed by atoms with Crippen LogP contribution in [0.5, 0.6) is 11.5 Å². The highest BCUT2D eigenvalue weighted by Crippen LogP contribution is 2.28. The second-order valence-electron chi connectivity index (χ2n) is 7.43. The quantitative estimate of drug-likeness (QED) is 0.358. The topological polar surface area (TPSA) is 108 Å². The number of nitrogens with zero attached hydrogens (tertiary/aromatic N) is 2. The van der Waals surface area contributed by atoms with Crippen LogP contribution in [-0.2, 0) is 14.8 Å². The molecular formula is C24H24ClN3O5S. The van der Waals surface area contributed by atoms with Gasteiger partial charge in [-0.15, -0.1) is 0 Å². The van der Waals surface area contributed by atoms with E-state index >= 15 is 0 Å². The van der Waals surface area contributed by atoms with Crippen molar-refractivity contribution in [3.05, 3.63) is 82.4 Å². The van der Waals surface area contributed by atoms with E-state index in [0.717, 1.165) is 15.4 Å². The van der Waals surface area contributed by atoms with Crippen molar-refractivity contribution in [2.24, 2.45) is 5.10 Å². The van der Waals surface area contributed by atoms with E-state index in [9.17, 15) is 18.3 Å². The third-order valence-corrected chi connectivity index (χ3v) is 7.15. The second kappa shape index (κ2) is 10.6. The van der Waals surface area contributed by atoms with E-state index in [4.69, 9.17) is 16.3 Å². The fourth-order valence-electron chi connectivity index (χ4n) is 3.08. The van der Waals surface area contributed by atoms with Crippen molar-refractivity contribution in [2.45, 2.75) is 18.7 Å². The number of aromatic hydroxyl groups is 1. The molecule has 0 bridgehead atoms. The minimum Gasteiger partial charge on any atom is -0.504 e. The van der Waals surface area contributed by atoms with Gasteiger partial charge in [0, 0.05) is 10.6 Å². The zero-order valence-corrected chi connectivity index (χ0v) is 20.4. The third-order valence-electron chi connectivity index (χ3n) is 5.11. The van der Waals surface area contributed by atoms with Crippen LogP contribution in [-0.4, -0.2) is 39.3 Å². The lowest BCUT2D eigenvalue weighted by Crippen LogP contribution is -2.39. The molecule has 0 aliphatic rings. The van der Waals surface area contributed by atoms with Crippen molar-refractivity contribution in [1.82, 2.24) is 5.43 Å². The fourth-order valence-corrected chi connectivity index (χ4v) is 4.62. The van der Waals surface area contributed by atoms with Crippen molar-refractivity contribution in [3.8, 4) is 11.5 Å². The Morgan fingerprint density at radius 1 is 1.12 bits per heavy atom. The molecule has 34 heavy (non-hydrogen) atoms. The molecule has 0 radical (unpaired) electrons. The van der Waals surface area contributed by atoms with E-state index < -0.39 is 22.5 Å². The van der Waals surface area contributed by atoms with Crippen molar-refractivity contribution >= 4 is 39.4 Å². The molecule has 1 amide bonds. The molecule has 3 aromatic rings. The van der Waals surface area contributed by atoms with Gasteiger partial charge in [0.1, 0.15) is 6.54 Å². The first-order valence-electron chi connectivity index (χ1n) is 10.2. The predicted molar refractivity (Wildman–Crippen MR) is 132 cm³/mol. The number of phenols is 1. The Morgan fingerprint density at radius 2 is 1.82 bits per heavy atom. The molecule has 2 N–H and O–H groups in total. The van der Waals surface area contributed by atoms with Crippen molar-refractivity contribution in [2.75, 3.05) is 18.0 Å². The number of phenolic OH excluding ortho intramolecular Hbond substituents is 1. The van der Waals surface area contributed by atoms with Gasteiger partial charge in [-0.25, -0.2) is 13.8 Å². The Balaban J connectivity index is 1.87. The van der Waals surface area contributed by atoms with Crippen LogP contribution in [0.2, 0.25) is 5.02 Å². The lowest BCUT2D eigenvalue weighted by Gasteiger charge is -2.24. The van der Waals surface area contributed by atoms with Crippen LogP contribution in [0.1, 0.15) is 16.7 Å². The van der Waals surface area contributed by atoms with Gasteiger partial charge in [0.15, 0.2) is 11.5 Å². The summed E-state index contributed by atoms with van der Waals surface area (Å²) in [5, 5.41) is 14.4. The van der Waals surface area contributed by atoms with Crippen molar-refractivity contribution in [3.63, 3.8) is 0 Å². The molecule has 0 aliphatic heterocycles. The van der Waals surface area contributed by atoms with Gasteiger partial charge in [0.05, 0.1) is 23.9 Å². The maximum absolute atomic E-state index is 13.4. The monoisotopic (exact) mass is 501 g/mol. The fraction of sp³-hybridized carbons (Fsp3) is 0.167. The number of methoxy groups -OCH3 is 1. The van der Waals surface area contributed by atoms with E-state index in [1.807, 2.05) is 13.8 Å². The molecule has 0 saturated carbocycles. The number of ether oxygens (including phenoxy) is 1. The summed E-state index contributed by atoms with van der Waals surface area (Å²) in [6.45, 7) is 3.25. The number of anilines is 1. The van der Waals surface area contributed by atoms with Crippen LogP contribution in [0.3, 0.4) is 0 Å². The number of carbonyl (C=O) groups excluding carboxylic acids is 1. The molecule has 0 unspecified atom stereocenters. The summed E-state index contributed by atoms with van der Waals surface area (Å²) in [5.41, 5.74) is 4.82. The molecular weight excluding hydrogens is 478 g/mol. The summed E-state index contributed by atoms with van der Waals surface area (Å²) in [7, 11) is -2.67. The Labute approximate surface area is 203 Å². The summed E-state index contributed by atoms with van der Waals surface area (Å²) >= 11 is 5.90. The zero-order chi connectivity index (χ0) is 24.9. The van der Waals surface area contributed by atoms with Gasteiger partial charge < -0.3 is 9.84 Å². The van der Waals surface area contributed by atoms with Crippen LogP contribution in [0.4, 0.5) is 5.69 Å². The lowest BCUT2D eigenvalue weighted by atomic mass is 10.1. The normalized spacial score (nSPS) is 11.4. The molecule has 0 heterocycles. The Bertz CT molecular complexity index is 1320. The number of halogens is 1. The number of hydrazone groups is 1. The highest BCUT2D eigenvalue weighted by molar-refractivity contribution is 7.92. The van der Waals surface area contributed by atoms with Gasteiger partial charge in [-0.3, -0.25) is 9.10 Å². The number of rotatable bonds is 8. The maximum atomic E-state index is 13.4. The summed E-state index contributed by atoms with van der Waals surface area (Å²) in [6.07, 6.45) is 1.24. The molecule has 8 nitrogen and oxygen atoms in total. The summed E-state index contributed by atoms with van der Waals surface area (Å²) < 4.78 is 32.9. The van der Waals surface area contributed by atoms with Crippen LogP contribution < -0.4 is 14.5 Å². The molecule has 0 fully saturated rings. The zero-order valence-electron chi connectivity index (χ0n) is 18.8. The Hall–Kier alpha value is -3.56. The number of sulfonamides is 1. The van der Waals surface area contributed by atoms with Gasteiger partial charge in [-0.05, 0) is 73.5 Å². The molecule has 0 spiro atoms. The second-order valence-corrected chi connectivity index (χ2v) is 9.72. The summed E-state index contributed by atoms with van der Waals surface area (Å²) in [4.78, 5) is 12.7. The van der Waals surface area contributed by atoms with E-state index in [2.05, 4.69) is 10.5 Å². The van der Waals surface area contributed by atoms with Crippen LogP contribution in [0.15, 0.2) is 70.7 Å². The van der Waals surface area contributed by atoms with E-state index in [0.29, 0.717) is 16.3 Å². The van der Waals surface area contributed by atoms with E-state index in [1.165, 1.54) is 37.6 Å². The van der Waals surface area contributed by atoms with E-state index in [-0.39, 0.29) is 16.4 Å². The summed E-state index contributed by atoms with van der Waals surface area (Å²) in [6, 6.07) is 15.7. The molecule has 3 aromatic carbocycles. The largest absolute Gasteiger partial charge is 0.504 e. The summed E-state index contributed by atoms with van der Waals surface area (Å²) in [5.74, 6) is -0.551. The van der Waals surface area contributed by atoms with Crippen molar-refractivity contribution in [1.29, 1.82) is 0 Å². The number of benzene rings is 3. The molecule has 0 atom stereocenters. The average Bonchev–Trinajstić information content (AvgIpc) is 2.80. The smallest absolute Gasteiger partial charge is 0.264 e. The van der Waals surface area contributed by atoms with Gasteiger partial charge >= 0.3 is 0 Å².